The third kappa shape index (κ3) is 2.55. The van der Waals surface area contributed by atoms with Crippen LogP contribution in [0.4, 0.5) is 0 Å². The van der Waals surface area contributed by atoms with E-state index in [-0.39, 0.29) is 5.97 Å². The van der Waals surface area contributed by atoms with Crippen molar-refractivity contribution in [2.24, 2.45) is 7.05 Å². The van der Waals surface area contributed by atoms with E-state index in [1.807, 2.05) is 55.1 Å². The molecule has 0 N–H and O–H groups in total. The minimum atomic E-state index is -0.261. The molecule has 1 heterocycles. The molecule has 0 aliphatic heterocycles. The molecule has 19 heavy (non-hydrogen) atoms. The average Bonchev–Trinajstić information content (AvgIpc) is 2.77. The maximum atomic E-state index is 12.1. The first-order chi connectivity index (χ1) is 9.19. The van der Waals surface area contributed by atoms with Crippen molar-refractivity contribution >= 4 is 5.97 Å². The topological polar surface area (TPSA) is 31.2 Å². The fourth-order valence-corrected chi connectivity index (χ4v) is 2.33. The molecule has 1 aromatic heterocycles. The molecule has 0 aliphatic rings. The third-order valence-corrected chi connectivity index (χ3v) is 3.17. The van der Waals surface area contributed by atoms with E-state index in [2.05, 4.69) is 6.92 Å². The predicted octanol–water partition coefficient (Wildman–Crippen LogP) is 3.43. The Morgan fingerprint density at radius 3 is 2.47 bits per heavy atom. The maximum Gasteiger partial charge on any atom is 0.355 e. The summed E-state index contributed by atoms with van der Waals surface area (Å²) in [7, 11) is 1.89. The third-order valence-electron chi connectivity index (χ3n) is 3.17. The van der Waals surface area contributed by atoms with Crippen LogP contribution in [0.1, 0.15) is 29.9 Å². The number of carbonyl (C=O) groups excluding carboxylic acids is 1. The number of ether oxygens (including phenoxy) is 1. The van der Waals surface area contributed by atoms with Crippen molar-refractivity contribution < 1.29 is 9.53 Å². The Kier molecular flexibility index (Phi) is 4.05. The van der Waals surface area contributed by atoms with Gasteiger partial charge in [-0.3, -0.25) is 0 Å². The lowest BCUT2D eigenvalue weighted by atomic mass is 10.00. The summed E-state index contributed by atoms with van der Waals surface area (Å²) in [4.78, 5) is 12.1. The van der Waals surface area contributed by atoms with Gasteiger partial charge in [-0.15, -0.1) is 0 Å². The summed E-state index contributed by atoms with van der Waals surface area (Å²) in [5.74, 6) is -0.261. The van der Waals surface area contributed by atoms with Crippen LogP contribution in [-0.4, -0.2) is 17.1 Å². The highest BCUT2D eigenvalue weighted by atomic mass is 16.5. The number of rotatable bonds is 4. The van der Waals surface area contributed by atoms with Crippen LogP contribution in [0.5, 0.6) is 0 Å². The Labute approximate surface area is 113 Å². The normalized spacial score (nSPS) is 10.5. The molecule has 0 saturated carbocycles. The number of esters is 1. The molecule has 3 heteroatoms. The molecule has 2 rings (SSSR count). The second kappa shape index (κ2) is 5.74. The molecule has 0 fully saturated rings. The van der Waals surface area contributed by atoms with Crippen molar-refractivity contribution in [2.75, 3.05) is 6.61 Å². The number of benzene rings is 1. The van der Waals surface area contributed by atoms with Gasteiger partial charge >= 0.3 is 5.97 Å². The highest BCUT2D eigenvalue weighted by molar-refractivity contribution is 5.97. The zero-order valence-electron chi connectivity index (χ0n) is 11.6. The van der Waals surface area contributed by atoms with Gasteiger partial charge in [0.05, 0.1) is 6.61 Å². The van der Waals surface area contributed by atoms with Crippen LogP contribution >= 0.6 is 0 Å². The van der Waals surface area contributed by atoms with Crippen molar-refractivity contribution in [1.82, 2.24) is 4.57 Å². The van der Waals surface area contributed by atoms with Gasteiger partial charge in [0.2, 0.25) is 0 Å². The van der Waals surface area contributed by atoms with Gasteiger partial charge in [-0.05, 0) is 24.5 Å². The predicted molar refractivity (Wildman–Crippen MR) is 76.2 cm³/mol. The van der Waals surface area contributed by atoms with Crippen LogP contribution in [0.15, 0.2) is 36.5 Å². The summed E-state index contributed by atoms with van der Waals surface area (Å²) in [5, 5.41) is 0. The number of aromatic nitrogens is 1. The summed E-state index contributed by atoms with van der Waals surface area (Å²) < 4.78 is 7.03. The van der Waals surface area contributed by atoms with Crippen molar-refractivity contribution in [1.29, 1.82) is 0 Å². The van der Waals surface area contributed by atoms with E-state index in [1.165, 1.54) is 0 Å². The smallest absolute Gasteiger partial charge is 0.355 e. The first-order valence-corrected chi connectivity index (χ1v) is 6.59. The summed E-state index contributed by atoms with van der Waals surface area (Å²) in [6.07, 6.45) is 2.89. The lowest BCUT2D eigenvalue weighted by Gasteiger charge is -2.08. The molecule has 0 saturated heterocycles. The minimum Gasteiger partial charge on any atom is -0.461 e. The minimum absolute atomic E-state index is 0.261. The van der Waals surface area contributed by atoms with Gasteiger partial charge in [0.25, 0.3) is 0 Å². The number of hydrogen-bond acceptors (Lipinski definition) is 2. The molecule has 2 aromatic rings. The molecular formula is C16H19NO2. The standard InChI is InChI=1S/C16H19NO2/c1-4-12-11-17(3)15(16(18)19-5-2)14(12)13-9-7-6-8-10-13/h6-11H,4-5H2,1-3H3. The van der Waals surface area contributed by atoms with Crippen LogP contribution < -0.4 is 0 Å². The molecule has 0 unspecified atom stereocenters. The lowest BCUT2D eigenvalue weighted by molar-refractivity contribution is 0.0516. The lowest BCUT2D eigenvalue weighted by Crippen LogP contribution is -2.10. The fourth-order valence-electron chi connectivity index (χ4n) is 2.33. The molecule has 0 spiro atoms. The monoisotopic (exact) mass is 257 g/mol. The largest absolute Gasteiger partial charge is 0.461 e. The van der Waals surface area contributed by atoms with Gasteiger partial charge < -0.3 is 9.30 Å². The van der Waals surface area contributed by atoms with Crippen LogP contribution in [-0.2, 0) is 18.2 Å². The van der Waals surface area contributed by atoms with Crippen LogP contribution in [0.25, 0.3) is 11.1 Å². The molecule has 0 bridgehead atoms. The number of aryl methyl sites for hydroxylation is 2. The molecule has 0 radical (unpaired) electrons. The highest BCUT2D eigenvalue weighted by Gasteiger charge is 2.21. The van der Waals surface area contributed by atoms with Crippen molar-refractivity contribution in [3.63, 3.8) is 0 Å². The van der Waals surface area contributed by atoms with E-state index in [1.54, 1.807) is 0 Å². The number of carbonyl (C=O) groups is 1. The van der Waals surface area contributed by atoms with E-state index in [9.17, 15) is 4.79 Å². The Balaban J connectivity index is 2.60. The first-order valence-electron chi connectivity index (χ1n) is 6.59. The molecular weight excluding hydrogens is 238 g/mol. The zero-order chi connectivity index (χ0) is 13.8. The van der Waals surface area contributed by atoms with Gasteiger partial charge in [-0.2, -0.15) is 0 Å². The van der Waals surface area contributed by atoms with E-state index < -0.39 is 0 Å². The van der Waals surface area contributed by atoms with Crippen LogP contribution in [0, 0.1) is 0 Å². The van der Waals surface area contributed by atoms with Gasteiger partial charge in [0.15, 0.2) is 0 Å². The van der Waals surface area contributed by atoms with Gasteiger partial charge in [-0.1, -0.05) is 37.3 Å². The van der Waals surface area contributed by atoms with Crippen molar-refractivity contribution in [3.05, 3.63) is 47.8 Å². The van der Waals surface area contributed by atoms with E-state index in [4.69, 9.17) is 4.74 Å². The fraction of sp³-hybridized carbons (Fsp3) is 0.312. The summed E-state index contributed by atoms with van der Waals surface area (Å²) in [6, 6.07) is 9.99. The molecule has 3 nitrogen and oxygen atoms in total. The van der Waals surface area contributed by atoms with E-state index >= 15 is 0 Å². The summed E-state index contributed by atoms with van der Waals surface area (Å²) in [5.41, 5.74) is 3.84. The van der Waals surface area contributed by atoms with Gasteiger partial charge in [0.1, 0.15) is 5.69 Å². The molecule has 0 atom stereocenters. The van der Waals surface area contributed by atoms with E-state index in [0.29, 0.717) is 12.3 Å². The van der Waals surface area contributed by atoms with Crippen molar-refractivity contribution in [3.8, 4) is 11.1 Å². The Hall–Kier alpha value is -2.03. The number of hydrogen-bond donors (Lipinski definition) is 0. The maximum absolute atomic E-state index is 12.1. The molecule has 0 amide bonds. The Bertz CT molecular complexity index is 570. The average molecular weight is 257 g/mol. The second-order valence-electron chi connectivity index (χ2n) is 4.43. The van der Waals surface area contributed by atoms with Crippen LogP contribution in [0.3, 0.4) is 0 Å². The molecule has 1 aromatic carbocycles. The number of nitrogens with zero attached hydrogens (tertiary/aromatic N) is 1. The summed E-state index contributed by atoms with van der Waals surface area (Å²) in [6.45, 7) is 4.31. The SMILES string of the molecule is CCOC(=O)c1c(-c2ccccc2)c(CC)cn1C. The van der Waals surface area contributed by atoms with Gasteiger partial charge in [-0.25, -0.2) is 4.79 Å². The van der Waals surface area contributed by atoms with E-state index in [0.717, 1.165) is 23.1 Å². The summed E-state index contributed by atoms with van der Waals surface area (Å²) >= 11 is 0. The Morgan fingerprint density at radius 1 is 1.21 bits per heavy atom. The van der Waals surface area contributed by atoms with Gasteiger partial charge in [0, 0.05) is 18.8 Å². The second-order valence-corrected chi connectivity index (χ2v) is 4.43. The zero-order valence-corrected chi connectivity index (χ0v) is 11.6. The molecule has 100 valence electrons. The molecule has 0 aliphatic carbocycles. The highest BCUT2D eigenvalue weighted by Crippen LogP contribution is 2.30. The quantitative estimate of drug-likeness (QED) is 0.786. The first kappa shape index (κ1) is 13.4. The van der Waals surface area contributed by atoms with Crippen molar-refractivity contribution in [2.45, 2.75) is 20.3 Å². The Morgan fingerprint density at radius 2 is 1.89 bits per heavy atom. The van der Waals surface area contributed by atoms with Crippen LogP contribution in [0.2, 0.25) is 0 Å².